The number of alkyl halides is 3. The van der Waals surface area contributed by atoms with Gasteiger partial charge in [0.1, 0.15) is 17.4 Å². The average molecular weight is 510 g/mol. The molecule has 10 heteroatoms. The van der Waals surface area contributed by atoms with Crippen LogP contribution in [-0.4, -0.2) is 21.8 Å². The molecule has 3 aromatic carbocycles. The van der Waals surface area contributed by atoms with Gasteiger partial charge in [0.15, 0.2) is 0 Å². The molecule has 0 spiro atoms. The van der Waals surface area contributed by atoms with Crippen LogP contribution in [-0.2, 0) is 5.54 Å². The van der Waals surface area contributed by atoms with Gasteiger partial charge in [-0.25, -0.2) is 9.37 Å². The Bertz CT molecular complexity index is 1590. The van der Waals surface area contributed by atoms with E-state index in [0.29, 0.717) is 28.0 Å². The zero-order valence-electron chi connectivity index (χ0n) is 19.9. The Hall–Kier alpha value is -3.92. The molecule has 1 amide bonds. The van der Waals surface area contributed by atoms with Crippen LogP contribution in [0.2, 0.25) is 0 Å². The van der Waals surface area contributed by atoms with E-state index in [0.717, 1.165) is 5.56 Å². The lowest BCUT2D eigenvalue weighted by Gasteiger charge is -2.24. The van der Waals surface area contributed by atoms with Crippen LogP contribution < -0.4 is 15.8 Å². The molecule has 0 saturated carbocycles. The third-order valence-corrected chi connectivity index (χ3v) is 6.97. The number of fused-ring (bicyclic) bond motifs is 9. The molecule has 2 aliphatic heterocycles. The third-order valence-electron chi connectivity index (χ3n) is 6.97. The van der Waals surface area contributed by atoms with E-state index in [1.54, 1.807) is 22.8 Å². The number of amides is 1. The van der Waals surface area contributed by atoms with E-state index >= 15 is 4.39 Å². The van der Waals surface area contributed by atoms with Crippen LogP contribution in [0.4, 0.5) is 17.6 Å². The number of ether oxygens (including phenoxy) is 1. The first-order chi connectivity index (χ1) is 17.4. The van der Waals surface area contributed by atoms with Crippen LogP contribution in [0.15, 0.2) is 54.6 Å². The summed E-state index contributed by atoms with van der Waals surface area (Å²) < 4.78 is 61.4. The summed E-state index contributed by atoms with van der Waals surface area (Å²) in [4.78, 5) is 17.5. The lowest BCUT2D eigenvalue weighted by atomic mass is 9.87. The molecule has 1 aromatic heterocycles. The fourth-order valence-corrected chi connectivity index (χ4v) is 5.53. The first-order valence-corrected chi connectivity index (χ1v) is 11.7. The molecule has 6 rings (SSSR count). The van der Waals surface area contributed by atoms with Crippen LogP contribution >= 0.6 is 0 Å². The molecule has 0 radical (unpaired) electrons. The lowest BCUT2D eigenvalue weighted by Crippen LogP contribution is -2.29. The molecular formula is C27H22F4N4O2. The van der Waals surface area contributed by atoms with Gasteiger partial charge in [-0.1, -0.05) is 30.3 Å². The van der Waals surface area contributed by atoms with E-state index in [4.69, 9.17) is 5.73 Å². The van der Waals surface area contributed by atoms with E-state index in [9.17, 15) is 18.0 Å². The summed E-state index contributed by atoms with van der Waals surface area (Å²) in [6, 6.07) is 13.0. The molecule has 6 nitrogen and oxygen atoms in total. The average Bonchev–Trinajstić information content (AvgIpc) is 3.28. The number of nitrogens with two attached hydrogens (primary N) is 1. The molecule has 3 heterocycles. The van der Waals surface area contributed by atoms with Crippen molar-refractivity contribution in [3.8, 4) is 16.9 Å². The molecule has 0 aliphatic carbocycles. The summed E-state index contributed by atoms with van der Waals surface area (Å²) >= 11 is 0. The van der Waals surface area contributed by atoms with Gasteiger partial charge in [-0.3, -0.25) is 4.79 Å². The van der Waals surface area contributed by atoms with Crippen molar-refractivity contribution in [3.05, 3.63) is 82.9 Å². The first kappa shape index (κ1) is 23.5. The Morgan fingerprint density at radius 1 is 1.05 bits per heavy atom. The monoisotopic (exact) mass is 510 g/mol. The van der Waals surface area contributed by atoms with Crippen LogP contribution in [0.1, 0.15) is 59.7 Å². The summed E-state index contributed by atoms with van der Waals surface area (Å²) in [6.07, 6.45) is -4.65. The Labute approximate surface area is 209 Å². The number of benzene rings is 3. The highest BCUT2D eigenvalue weighted by molar-refractivity contribution is 5.98. The number of hydrogen-bond donors (Lipinski definition) is 2. The predicted octanol–water partition coefficient (Wildman–Crippen LogP) is 5.71. The topological polar surface area (TPSA) is 82.2 Å². The zero-order chi connectivity index (χ0) is 26.3. The summed E-state index contributed by atoms with van der Waals surface area (Å²) in [6.45, 7) is 3.65. The van der Waals surface area contributed by atoms with Crippen LogP contribution in [0.3, 0.4) is 0 Å². The van der Waals surface area contributed by atoms with E-state index in [2.05, 4.69) is 15.0 Å². The molecule has 0 saturated heterocycles. The molecule has 0 fully saturated rings. The third kappa shape index (κ3) is 3.74. The van der Waals surface area contributed by atoms with Crippen molar-refractivity contribution >= 4 is 16.9 Å². The molecule has 190 valence electrons. The predicted molar refractivity (Wildman–Crippen MR) is 128 cm³/mol. The molecule has 2 aliphatic rings. The molecule has 37 heavy (non-hydrogen) atoms. The number of nitrogens with one attached hydrogen (secondary N) is 1. The van der Waals surface area contributed by atoms with Gasteiger partial charge in [0.2, 0.25) is 0 Å². The number of hydrogen-bond acceptors (Lipinski definition) is 4. The summed E-state index contributed by atoms with van der Waals surface area (Å²) in [5.74, 6) is -1.02. The summed E-state index contributed by atoms with van der Waals surface area (Å²) in [5, 5.41) is 2.85. The smallest absolute Gasteiger partial charge is 0.405 e. The minimum atomic E-state index is -4.94. The van der Waals surface area contributed by atoms with Gasteiger partial charge >= 0.3 is 6.36 Å². The number of carbonyl (C=O) groups is 1. The maximum absolute atomic E-state index is 15.5. The minimum Gasteiger partial charge on any atom is -0.405 e. The lowest BCUT2D eigenvalue weighted by molar-refractivity contribution is -0.275. The second-order valence-corrected chi connectivity index (χ2v) is 9.97. The SMILES string of the molecule is CC(C)(N)c1ccccc1-c1cc2c(cc1F)nc1n2[C@@H]2C[C@H]1NC(=O)c1cccc(OC(F)(F)F)c12. The van der Waals surface area contributed by atoms with Crippen molar-refractivity contribution in [2.75, 3.05) is 0 Å². The number of carbonyl (C=O) groups excluding carboxylic acids is 1. The Kier molecular flexibility index (Phi) is 4.94. The van der Waals surface area contributed by atoms with Gasteiger partial charge in [-0.2, -0.15) is 0 Å². The van der Waals surface area contributed by atoms with Crippen molar-refractivity contribution in [1.82, 2.24) is 14.9 Å². The molecule has 0 unspecified atom stereocenters. The van der Waals surface area contributed by atoms with Gasteiger partial charge in [-0.05, 0) is 49.6 Å². The maximum atomic E-state index is 15.5. The van der Waals surface area contributed by atoms with Gasteiger partial charge in [-0.15, -0.1) is 13.2 Å². The molecule has 4 aromatic rings. The van der Waals surface area contributed by atoms with Crippen molar-refractivity contribution in [2.24, 2.45) is 5.73 Å². The Balaban J connectivity index is 1.59. The van der Waals surface area contributed by atoms with Gasteiger partial charge < -0.3 is 20.4 Å². The van der Waals surface area contributed by atoms with E-state index in [1.807, 2.05) is 26.0 Å². The first-order valence-electron chi connectivity index (χ1n) is 11.7. The Morgan fingerprint density at radius 2 is 1.78 bits per heavy atom. The normalized spacial score (nSPS) is 18.8. The molecule has 2 atom stereocenters. The fraction of sp³-hybridized carbons (Fsp3) is 0.259. The Morgan fingerprint density at radius 3 is 2.51 bits per heavy atom. The van der Waals surface area contributed by atoms with Crippen LogP contribution in [0, 0.1) is 5.82 Å². The second-order valence-electron chi connectivity index (χ2n) is 9.97. The van der Waals surface area contributed by atoms with Crippen molar-refractivity contribution < 1.29 is 27.1 Å². The second kappa shape index (κ2) is 7.79. The van der Waals surface area contributed by atoms with Gasteiger partial charge in [0.25, 0.3) is 5.91 Å². The van der Waals surface area contributed by atoms with E-state index in [-0.39, 0.29) is 17.5 Å². The summed E-state index contributed by atoms with van der Waals surface area (Å²) in [5.41, 5.74) is 8.34. The maximum Gasteiger partial charge on any atom is 0.573 e. The highest BCUT2D eigenvalue weighted by Gasteiger charge is 2.44. The van der Waals surface area contributed by atoms with Crippen molar-refractivity contribution in [1.29, 1.82) is 0 Å². The highest BCUT2D eigenvalue weighted by atomic mass is 19.4. The molecule has 2 bridgehead atoms. The number of aromatic nitrogens is 2. The molecular weight excluding hydrogens is 488 g/mol. The number of nitrogens with zero attached hydrogens (tertiary/aromatic N) is 2. The largest absolute Gasteiger partial charge is 0.573 e. The number of halogens is 4. The fourth-order valence-electron chi connectivity index (χ4n) is 5.53. The number of rotatable bonds is 3. The zero-order valence-corrected chi connectivity index (χ0v) is 19.9. The quantitative estimate of drug-likeness (QED) is 0.346. The van der Waals surface area contributed by atoms with Gasteiger partial charge in [0, 0.05) is 28.3 Å². The summed E-state index contributed by atoms with van der Waals surface area (Å²) in [7, 11) is 0. The number of imidazole rings is 1. The molecule has 3 N–H and O–H groups in total. The van der Waals surface area contributed by atoms with E-state index in [1.165, 1.54) is 24.3 Å². The van der Waals surface area contributed by atoms with Gasteiger partial charge in [0.05, 0.1) is 23.1 Å². The van der Waals surface area contributed by atoms with Crippen LogP contribution in [0.5, 0.6) is 5.75 Å². The van der Waals surface area contributed by atoms with Crippen molar-refractivity contribution in [2.45, 2.75) is 44.3 Å². The minimum absolute atomic E-state index is 0.0966. The van der Waals surface area contributed by atoms with E-state index < -0.39 is 41.5 Å². The highest BCUT2D eigenvalue weighted by Crippen LogP contribution is 2.48. The van der Waals surface area contributed by atoms with Crippen LogP contribution in [0.25, 0.3) is 22.2 Å². The standard InChI is InChI=1S/C27H22F4N4O2/c1-26(2,32)16-8-4-3-6-13(16)15-10-20-18(11-17(15)28)33-24-19-12-21(35(20)24)23-14(25(36)34-19)7-5-9-22(23)37-27(29,30)31/h3-11,19,21H,12,32H2,1-2H3,(H,34,36)/t19-,21-/m1/s1. The van der Waals surface area contributed by atoms with Crippen molar-refractivity contribution in [3.63, 3.8) is 0 Å².